The monoisotopic (exact) mass is 307 g/mol. The van der Waals surface area contributed by atoms with Crippen molar-refractivity contribution in [2.45, 2.75) is 32.9 Å². The van der Waals surface area contributed by atoms with Gasteiger partial charge in [-0.1, -0.05) is 6.58 Å². The van der Waals surface area contributed by atoms with E-state index in [1.165, 1.54) is 0 Å². The first kappa shape index (κ1) is 18.0. The molecule has 0 unspecified atom stereocenters. The van der Waals surface area contributed by atoms with E-state index in [2.05, 4.69) is 17.2 Å². The Morgan fingerprint density at radius 3 is 2.68 bits per heavy atom. The van der Waals surface area contributed by atoms with Crippen molar-refractivity contribution in [2.24, 2.45) is 0 Å². The summed E-state index contributed by atoms with van der Waals surface area (Å²) in [4.78, 5) is 11.8. The minimum atomic E-state index is -0.268. The normalized spacial score (nSPS) is 10.9. The highest BCUT2D eigenvalue weighted by atomic mass is 16.5. The summed E-state index contributed by atoms with van der Waals surface area (Å²) >= 11 is 0. The summed E-state index contributed by atoms with van der Waals surface area (Å²) in [7, 11) is 1.59. The van der Waals surface area contributed by atoms with Crippen LogP contribution in [0.5, 0.6) is 11.5 Å². The van der Waals surface area contributed by atoms with Gasteiger partial charge in [0, 0.05) is 11.1 Å². The average Bonchev–Trinajstić information content (AvgIpc) is 2.44. The van der Waals surface area contributed by atoms with Gasteiger partial charge in [0.2, 0.25) is 0 Å². The number of quaternary nitrogens is 1. The van der Waals surface area contributed by atoms with Gasteiger partial charge >= 0.3 is 0 Å². The van der Waals surface area contributed by atoms with Crippen LogP contribution in [0.3, 0.4) is 0 Å². The number of nitrogens with two attached hydrogens (primary N) is 1. The molecule has 22 heavy (non-hydrogen) atoms. The quantitative estimate of drug-likeness (QED) is 0.561. The Morgan fingerprint density at radius 1 is 1.36 bits per heavy atom. The molecule has 0 aromatic heterocycles. The minimum Gasteiger partial charge on any atom is -0.493 e. The van der Waals surface area contributed by atoms with Crippen molar-refractivity contribution >= 4 is 5.91 Å². The molecule has 0 atom stereocenters. The minimum absolute atomic E-state index is 0.0322. The van der Waals surface area contributed by atoms with Gasteiger partial charge in [0.15, 0.2) is 18.1 Å². The van der Waals surface area contributed by atoms with Crippen LogP contribution in [0, 0.1) is 0 Å². The van der Waals surface area contributed by atoms with Crippen LogP contribution in [0.1, 0.15) is 26.3 Å². The Bertz CT molecular complexity index is 507. The molecular weight excluding hydrogens is 280 g/mol. The zero-order valence-electron chi connectivity index (χ0n) is 13.9. The van der Waals surface area contributed by atoms with E-state index in [1.807, 2.05) is 45.0 Å². The average molecular weight is 307 g/mol. The van der Waals surface area contributed by atoms with Crippen molar-refractivity contribution in [3.63, 3.8) is 0 Å². The number of carbonyl (C=O) groups is 1. The molecule has 0 radical (unpaired) electrons. The third kappa shape index (κ3) is 6.63. The molecule has 0 heterocycles. The first-order valence-corrected chi connectivity index (χ1v) is 7.39. The van der Waals surface area contributed by atoms with Gasteiger partial charge in [-0.25, -0.2) is 0 Å². The third-order valence-corrected chi connectivity index (χ3v) is 2.81. The van der Waals surface area contributed by atoms with Gasteiger partial charge in [-0.05, 0) is 45.0 Å². The van der Waals surface area contributed by atoms with E-state index >= 15 is 0 Å². The number of nitrogens with one attached hydrogen (secondary N) is 1. The third-order valence-electron chi connectivity index (χ3n) is 2.81. The molecule has 1 aromatic rings. The molecule has 1 rings (SSSR count). The smallest absolute Gasteiger partial charge is 0.258 e. The van der Waals surface area contributed by atoms with Crippen molar-refractivity contribution in [1.82, 2.24) is 5.32 Å². The van der Waals surface area contributed by atoms with Crippen LogP contribution < -0.4 is 20.1 Å². The molecule has 5 nitrogen and oxygen atoms in total. The zero-order valence-corrected chi connectivity index (χ0v) is 13.9. The van der Waals surface area contributed by atoms with Crippen LogP contribution in [0.15, 0.2) is 30.9 Å². The standard InChI is InChI=1S/C17H26N2O3/c1-6-9-18-11-13-7-8-14(15(10-13)21-5)22-12-16(20)19-17(2,3)4/h6-8,10,18H,1,9,11-12H2,2-5H3,(H,19,20)/p+1. The number of hydrogen-bond donors (Lipinski definition) is 2. The lowest BCUT2D eigenvalue weighted by Crippen LogP contribution is -2.82. The second kappa shape index (κ2) is 8.44. The van der Waals surface area contributed by atoms with Crippen LogP contribution >= 0.6 is 0 Å². The molecule has 0 aliphatic heterocycles. The molecule has 0 bridgehead atoms. The maximum absolute atomic E-state index is 11.8. The van der Waals surface area contributed by atoms with Crippen molar-refractivity contribution in [2.75, 3.05) is 20.3 Å². The molecule has 1 amide bonds. The highest BCUT2D eigenvalue weighted by Gasteiger charge is 2.15. The van der Waals surface area contributed by atoms with Gasteiger partial charge in [-0.15, -0.1) is 0 Å². The van der Waals surface area contributed by atoms with E-state index < -0.39 is 0 Å². The highest BCUT2D eigenvalue weighted by Crippen LogP contribution is 2.27. The molecule has 1 aromatic carbocycles. The summed E-state index contributed by atoms with van der Waals surface area (Å²) in [5.74, 6) is 1.05. The maximum atomic E-state index is 11.8. The molecular formula is C17H27N2O3+. The van der Waals surface area contributed by atoms with Crippen LogP contribution in [0.2, 0.25) is 0 Å². The second-order valence-electron chi connectivity index (χ2n) is 6.09. The Kier molecular flexibility index (Phi) is 6.92. The van der Waals surface area contributed by atoms with E-state index in [4.69, 9.17) is 9.47 Å². The Labute approximate surface area is 132 Å². The predicted octanol–water partition coefficient (Wildman–Crippen LogP) is 1.24. The molecule has 0 spiro atoms. The molecule has 0 aliphatic carbocycles. The Morgan fingerprint density at radius 2 is 2.09 bits per heavy atom. The summed E-state index contributed by atoms with van der Waals surface area (Å²) in [5.41, 5.74) is 0.861. The van der Waals surface area contributed by atoms with Crippen molar-refractivity contribution in [3.8, 4) is 11.5 Å². The molecule has 0 saturated heterocycles. The van der Waals surface area contributed by atoms with Gasteiger partial charge in [0.1, 0.15) is 6.54 Å². The number of benzene rings is 1. The largest absolute Gasteiger partial charge is 0.493 e. The van der Waals surface area contributed by atoms with Crippen LogP contribution in [0.4, 0.5) is 0 Å². The number of ether oxygens (including phenoxy) is 2. The Balaban J connectivity index is 2.63. The van der Waals surface area contributed by atoms with Crippen molar-refractivity contribution < 1.29 is 19.6 Å². The SMILES string of the molecule is C=CC[NH2+]Cc1ccc(OCC(=O)NC(C)(C)C)c(OC)c1. The van der Waals surface area contributed by atoms with Crippen LogP contribution in [-0.4, -0.2) is 31.7 Å². The van der Waals surface area contributed by atoms with Gasteiger partial charge in [-0.2, -0.15) is 0 Å². The lowest BCUT2D eigenvalue weighted by atomic mass is 10.1. The summed E-state index contributed by atoms with van der Waals surface area (Å²) in [6, 6.07) is 5.73. The summed E-state index contributed by atoms with van der Waals surface area (Å²) in [6.07, 6.45) is 1.86. The number of methoxy groups -OCH3 is 1. The number of amides is 1. The van der Waals surface area contributed by atoms with E-state index in [0.717, 1.165) is 18.7 Å². The van der Waals surface area contributed by atoms with Crippen molar-refractivity contribution in [3.05, 3.63) is 36.4 Å². The first-order valence-electron chi connectivity index (χ1n) is 7.39. The summed E-state index contributed by atoms with van der Waals surface area (Å²) in [5, 5.41) is 4.99. The number of rotatable bonds is 8. The lowest BCUT2D eigenvalue weighted by molar-refractivity contribution is -0.662. The van der Waals surface area contributed by atoms with Crippen molar-refractivity contribution in [1.29, 1.82) is 0 Å². The number of hydrogen-bond acceptors (Lipinski definition) is 3. The predicted molar refractivity (Wildman–Crippen MR) is 87.1 cm³/mol. The molecule has 3 N–H and O–H groups in total. The highest BCUT2D eigenvalue weighted by molar-refractivity contribution is 5.78. The first-order chi connectivity index (χ1) is 10.4. The maximum Gasteiger partial charge on any atom is 0.258 e. The fourth-order valence-corrected chi connectivity index (χ4v) is 1.92. The summed E-state index contributed by atoms with van der Waals surface area (Å²) in [6.45, 7) is 11.2. The fourth-order valence-electron chi connectivity index (χ4n) is 1.92. The topological polar surface area (TPSA) is 64.2 Å². The molecule has 5 heteroatoms. The Hall–Kier alpha value is -2.01. The van der Waals surface area contributed by atoms with Crippen LogP contribution in [-0.2, 0) is 11.3 Å². The zero-order chi connectivity index (χ0) is 16.6. The van der Waals surface area contributed by atoms with Crippen LogP contribution in [0.25, 0.3) is 0 Å². The van der Waals surface area contributed by atoms with E-state index in [0.29, 0.717) is 11.5 Å². The van der Waals surface area contributed by atoms with Gasteiger partial charge in [-0.3, -0.25) is 4.79 Å². The summed E-state index contributed by atoms with van der Waals surface area (Å²) < 4.78 is 10.9. The molecule has 0 aliphatic rings. The molecule has 122 valence electrons. The van der Waals surface area contributed by atoms with E-state index in [-0.39, 0.29) is 18.1 Å². The van der Waals surface area contributed by atoms with E-state index in [1.54, 1.807) is 7.11 Å². The molecule has 0 saturated carbocycles. The lowest BCUT2D eigenvalue weighted by Gasteiger charge is -2.20. The van der Waals surface area contributed by atoms with E-state index in [9.17, 15) is 4.79 Å². The van der Waals surface area contributed by atoms with Gasteiger partial charge in [0.05, 0.1) is 13.7 Å². The fraction of sp³-hybridized carbons (Fsp3) is 0.471. The second-order valence-corrected chi connectivity index (χ2v) is 6.09. The van der Waals surface area contributed by atoms with Gasteiger partial charge < -0.3 is 20.1 Å². The molecule has 0 fully saturated rings. The number of carbonyl (C=O) groups excluding carboxylic acids is 1. The van der Waals surface area contributed by atoms with Gasteiger partial charge in [0.25, 0.3) is 5.91 Å².